The van der Waals surface area contributed by atoms with Gasteiger partial charge in [0.15, 0.2) is 5.82 Å². The third kappa shape index (κ3) is 3.17. The summed E-state index contributed by atoms with van der Waals surface area (Å²) in [7, 11) is 1.79. The lowest BCUT2D eigenvalue weighted by Gasteiger charge is -2.16. The molecule has 1 fully saturated rings. The Balaban J connectivity index is 1.39. The van der Waals surface area contributed by atoms with Gasteiger partial charge >= 0.3 is 0 Å². The topological polar surface area (TPSA) is 79.7 Å². The van der Waals surface area contributed by atoms with Crippen molar-refractivity contribution < 1.29 is 4.79 Å². The molecule has 1 amide bonds. The van der Waals surface area contributed by atoms with E-state index in [1.807, 2.05) is 35.2 Å². The van der Waals surface area contributed by atoms with Gasteiger partial charge in [0.2, 0.25) is 0 Å². The van der Waals surface area contributed by atoms with Gasteiger partial charge in [0.1, 0.15) is 11.5 Å². The highest BCUT2D eigenvalue weighted by Crippen LogP contribution is 2.22. The van der Waals surface area contributed by atoms with Crippen LogP contribution in [0.4, 0.5) is 0 Å². The van der Waals surface area contributed by atoms with Gasteiger partial charge in [-0.1, -0.05) is 30.3 Å². The van der Waals surface area contributed by atoms with E-state index in [-0.39, 0.29) is 5.91 Å². The Morgan fingerprint density at radius 3 is 2.88 bits per heavy atom. The lowest BCUT2D eigenvalue weighted by Crippen LogP contribution is -2.30. The third-order valence-electron chi connectivity index (χ3n) is 4.66. The number of aromatic amines is 1. The number of amides is 1. The average Bonchev–Trinajstić information content (AvgIpc) is 3.37. The Labute approximate surface area is 145 Å². The van der Waals surface area contributed by atoms with Crippen LogP contribution in [-0.2, 0) is 13.5 Å². The molecule has 2 aromatic heterocycles. The van der Waals surface area contributed by atoms with E-state index in [4.69, 9.17) is 0 Å². The summed E-state index contributed by atoms with van der Waals surface area (Å²) >= 11 is 0. The first-order valence-corrected chi connectivity index (χ1v) is 8.44. The maximum Gasteiger partial charge on any atom is 0.272 e. The van der Waals surface area contributed by atoms with Gasteiger partial charge in [-0.25, -0.2) is 4.98 Å². The average molecular weight is 336 g/mol. The molecule has 1 aromatic carbocycles. The van der Waals surface area contributed by atoms with Gasteiger partial charge in [0.25, 0.3) is 5.91 Å². The highest BCUT2D eigenvalue weighted by molar-refractivity contribution is 5.92. The van der Waals surface area contributed by atoms with Gasteiger partial charge < -0.3 is 4.90 Å². The van der Waals surface area contributed by atoms with Crippen LogP contribution >= 0.6 is 0 Å². The fourth-order valence-electron chi connectivity index (χ4n) is 3.31. The van der Waals surface area contributed by atoms with E-state index < -0.39 is 0 Å². The van der Waals surface area contributed by atoms with Crippen LogP contribution in [0.5, 0.6) is 0 Å². The first kappa shape index (κ1) is 15.6. The fourth-order valence-corrected chi connectivity index (χ4v) is 3.31. The number of hydrogen-bond acceptors (Lipinski definition) is 4. The van der Waals surface area contributed by atoms with Crippen molar-refractivity contribution in [3.8, 4) is 11.4 Å². The van der Waals surface area contributed by atoms with Crippen molar-refractivity contribution in [3.05, 3.63) is 54.1 Å². The van der Waals surface area contributed by atoms with Crippen molar-refractivity contribution in [2.75, 3.05) is 13.1 Å². The molecule has 1 N–H and O–H groups in total. The van der Waals surface area contributed by atoms with Crippen molar-refractivity contribution >= 4 is 5.91 Å². The molecule has 1 aliphatic heterocycles. The quantitative estimate of drug-likeness (QED) is 0.789. The molecular weight excluding hydrogens is 316 g/mol. The Hall–Kier alpha value is -2.96. The molecule has 1 atom stereocenters. The largest absolute Gasteiger partial charge is 0.337 e. The molecule has 7 heteroatoms. The van der Waals surface area contributed by atoms with Gasteiger partial charge in [-0.3, -0.25) is 14.6 Å². The zero-order valence-electron chi connectivity index (χ0n) is 14.1. The summed E-state index contributed by atoms with van der Waals surface area (Å²) in [5, 5.41) is 11.4. The van der Waals surface area contributed by atoms with E-state index in [2.05, 4.69) is 20.3 Å². The maximum absolute atomic E-state index is 12.5. The predicted octanol–water partition coefficient (Wildman–Crippen LogP) is 1.91. The smallest absolute Gasteiger partial charge is 0.272 e. The van der Waals surface area contributed by atoms with Crippen LogP contribution in [0, 0.1) is 5.92 Å². The first-order valence-electron chi connectivity index (χ1n) is 8.44. The number of rotatable bonds is 4. The second-order valence-electron chi connectivity index (χ2n) is 6.42. The highest BCUT2D eigenvalue weighted by atomic mass is 16.2. The minimum Gasteiger partial charge on any atom is -0.337 e. The van der Waals surface area contributed by atoms with E-state index in [1.165, 1.54) is 0 Å². The Bertz CT molecular complexity index is 869. The van der Waals surface area contributed by atoms with Crippen molar-refractivity contribution in [2.24, 2.45) is 13.0 Å². The summed E-state index contributed by atoms with van der Waals surface area (Å²) < 4.78 is 1.62. The molecule has 0 saturated carbocycles. The Kier molecular flexibility index (Phi) is 4.05. The Morgan fingerprint density at radius 2 is 2.12 bits per heavy atom. The summed E-state index contributed by atoms with van der Waals surface area (Å²) in [6.07, 6.45) is 3.43. The van der Waals surface area contributed by atoms with E-state index in [9.17, 15) is 4.79 Å². The molecule has 0 bridgehead atoms. The minimum atomic E-state index is 0.0463. The molecular formula is C18H20N6O. The molecule has 128 valence electrons. The molecule has 1 saturated heterocycles. The standard InChI is InChI=1S/C18H20N6O/c1-23-15(7-9-19-23)18(25)24-10-8-13(12-24)11-16-20-17(22-21-16)14-5-3-2-4-6-14/h2-7,9,13H,8,10-12H2,1H3,(H,20,21,22). The zero-order valence-corrected chi connectivity index (χ0v) is 14.1. The molecule has 3 aromatic rings. The van der Waals surface area contributed by atoms with E-state index in [0.29, 0.717) is 11.6 Å². The number of likely N-dealkylation sites (tertiary alicyclic amines) is 1. The number of carbonyl (C=O) groups excluding carboxylic acids is 1. The van der Waals surface area contributed by atoms with Gasteiger partial charge in [-0.2, -0.15) is 10.2 Å². The van der Waals surface area contributed by atoms with Crippen molar-refractivity contribution in [3.63, 3.8) is 0 Å². The molecule has 4 rings (SSSR count). The number of hydrogen-bond donors (Lipinski definition) is 1. The van der Waals surface area contributed by atoms with Crippen molar-refractivity contribution in [2.45, 2.75) is 12.8 Å². The van der Waals surface area contributed by atoms with Crippen LogP contribution in [0.15, 0.2) is 42.6 Å². The second-order valence-corrected chi connectivity index (χ2v) is 6.42. The van der Waals surface area contributed by atoms with Crippen LogP contribution in [0.3, 0.4) is 0 Å². The number of aromatic nitrogens is 5. The van der Waals surface area contributed by atoms with Gasteiger partial charge in [0, 0.05) is 38.3 Å². The summed E-state index contributed by atoms with van der Waals surface area (Å²) in [6, 6.07) is 11.7. The first-order chi connectivity index (χ1) is 12.2. The SMILES string of the molecule is Cn1nccc1C(=O)N1CCC(Cc2nc(-c3ccccc3)n[nH]2)C1. The van der Waals surface area contributed by atoms with Gasteiger partial charge in [0.05, 0.1) is 0 Å². The van der Waals surface area contributed by atoms with Gasteiger partial charge in [-0.05, 0) is 18.4 Å². The Morgan fingerprint density at radius 1 is 1.28 bits per heavy atom. The second kappa shape index (κ2) is 6.51. The van der Waals surface area contributed by atoms with Crippen molar-refractivity contribution in [1.82, 2.24) is 29.9 Å². The maximum atomic E-state index is 12.5. The van der Waals surface area contributed by atoms with E-state index in [0.717, 1.165) is 43.1 Å². The van der Waals surface area contributed by atoms with Crippen LogP contribution < -0.4 is 0 Å². The lowest BCUT2D eigenvalue weighted by molar-refractivity contribution is 0.0776. The molecule has 3 heterocycles. The molecule has 25 heavy (non-hydrogen) atoms. The molecule has 0 aliphatic carbocycles. The number of nitrogens with one attached hydrogen (secondary N) is 1. The zero-order chi connectivity index (χ0) is 17.2. The predicted molar refractivity (Wildman–Crippen MR) is 92.7 cm³/mol. The number of nitrogens with zero attached hydrogens (tertiary/aromatic N) is 5. The van der Waals surface area contributed by atoms with E-state index in [1.54, 1.807) is 24.0 Å². The fraction of sp³-hybridized carbons (Fsp3) is 0.333. The van der Waals surface area contributed by atoms with Crippen LogP contribution in [0.2, 0.25) is 0 Å². The summed E-state index contributed by atoms with van der Waals surface area (Å²) in [5.74, 6) is 2.04. The number of aryl methyl sites for hydroxylation is 1. The normalized spacial score (nSPS) is 17.2. The molecule has 1 aliphatic rings. The van der Waals surface area contributed by atoms with Gasteiger partial charge in [-0.15, -0.1) is 0 Å². The molecule has 0 spiro atoms. The van der Waals surface area contributed by atoms with Crippen molar-refractivity contribution in [1.29, 1.82) is 0 Å². The molecule has 1 unspecified atom stereocenters. The van der Waals surface area contributed by atoms with Crippen LogP contribution in [0.25, 0.3) is 11.4 Å². The number of carbonyl (C=O) groups is 1. The monoisotopic (exact) mass is 336 g/mol. The number of benzene rings is 1. The van der Waals surface area contributed by atoms with E-state index >= 15 is 0 Å². The summed E-state index contributed by atoms with van der Waals surface area (Å²) in [5.41, 5.74) is 1.64. The number of H-pyrrole nitrogens is 1. The summed E-state index contributed by atoms with van der Waals surface area (Å²) in [4.78, 5) is 19.0. The molecule has 7 nitrogen and oxygen atoms in total. The van der Waals surface area contributed by atoms with Crippen LogP contribution in [-0.4, -0.2) is 48.9 Å². The lowest BCUT2D eigenvalue weighted by atomic mass is 10.1. The molecule has 0 radical (unpaired) electrons. The minimum absolute atomic E-state index is 0.0463. The van der Waals surface area contributed by atoms with Crippen LogP contribution in [0.1, 0.15) is 22.7 Å². The third-order valence-corrected chi connectivity index (χ3v) is 4.66. The highest BCUT2D eigenvalue weighted by Gasteiger charge is 2.29. The summed E-state index contributed by atoms with van der Waals surface area (Å²) in [6.45, 7) is 1.51.